The second-order valence-corrected chi connectivity index (χ2v) is 31.1. The van der Waals surface area contributed by atoms with Gasteiger partial charge in [0.05, 0.1) is 76.0 Å². The number of nitriles is 1. The van der Waals surface area contributed by atoms with E-state index in [0.717, 1.165) is 136 Å². The lowest BCUT2D eigenvalue weighted by atomic mass is 9.56. The van der Waals surface area contributed by atoms with E-state index >= 15 is 0 Å². The summed E-state index contributed by atoms with van der Waals surface area (Å²) in [6, 6.07) is 17.1. The highest BCUT2D eigenvalue weighted by molar-refractivity contribution is 8.05. The number of fused-ring (bicyclic) bond motifs is 7. The largest absolute Gasteiger partial charge is 0.465 e. The summed E-state index contributed by atoms with van der Waals surface area (Å²) < 4.78 is 38.0. The first-order chi connectivity index (χ1) is 46.0. The van der Waals surface area contributed by atoms with E-state index in [4.69, 9.17) is 83.0 Å². The minimum atomic E-state index is -1.12. The molecule has 9 unspecified atom stereocenters. The molecule has 0 aromatic heterocycles. The molecule has 22 heteroatoms. The Bertz CT molecular complexity index is 3490. The monoisotopic (exact) mass is 1360 g/mol. The van der Waals surface area contributed by atoms with Crippen LogP contribution in [0.25, 0.3) is 14.5 Å². The van der Waals surface area contributed by atoms with Crippen LogP contribution in [0.2, 0.25) is 0 Å². The van der Waals surface area contributed by atoms with Gasteiger partial charge >= 0.3 is 5.97 Å². The lowest BCUT2D eigenvalue weighted by molar-refractivity contribution is -0.154. The molecule has 3 aromatic carbocycles. The fourth-order valence-corrected chi connectivity index (χ4v) is 21.6. The number of ether oxygens (including phenoxy) is 7. The zero-order valence-electron chi connectivity index (χ0n) is 57.1. The third-order valence-corrected chi connectivity index (χ3v) is 25.5. The minimum Gasteiger partial charge on any atom is -0.465 e. The van der Waals surface area contributed by atoms with Crippen molar-refractivity contribution in [1.29, 1.82) is 5.26 Å². The number of benzene rings is 3. The van der Waals surface area contributed by atoms with Gasteiger partial charge in [-0.25, -0.2) is 14.5 Å². The molecule has 3 saturated carbocycles. The molecule has 5 heterocycles. The number of hydrogen-bond donors (Lipinski definition) is 3. The molecule has 2 amide bonds. The summed E-state index contributed by atoms with van der Waals surface area (Å²) in [4.78, 5) is 56.2. The van der Waals surface area contributed by atoms with Gasteiger partial charge in [-0.05, 0) is 189 Å². The van der Waals surface area contributed by atoms with Crippen LogP contribution in [0.4, 0.5) is 17.1 Å². The van der Waals surface area contributed by atoms with Crippen LogP contribution in [-0.4, -0.2) is 142 Å². The van der Waals surface area contributed by atoms with Gasteiger partial charge in [0.1, 0.15) is 16.5 Å². The number of nitrogens with zero attached hydrogens (tertiary/aromatic N) is 6. The highest BCUT2D eigenvalue weighted by Crippen LogP contribution is 2.68. The van der Waals surface area contributed by atoms with Crippen LogP contribution in [0.15, 0.2) is 54.6 Å². The van der Waals surface area contributed by atoms with E-state index in [1.165, 1.54) is 0 Å². The Kier molecular flexibility index (Phi) is 20.9. The Morgan fingerprint density at radius 2 is 0.938 bits per heavy atom. The van der Waals surface area contributed by atoms with Gasteiger partial charge in [-0.1, -0.05) is 96.1 Å². The Morgan fingerprint density at radius 1 is 0.604 bits per heavy atom. The quantitative estimate of drug-likeness (QED) is 0.0705. The molecule has 5 spiro atoms. The summed E-state index contributed by atoms with van der Waals surface area (Å²) in [6.07, 6.45) is 11.4. The summed E-state index contributed by atoms with van der Waals surface area (Å²) in [5.74, 6) is 1.42. The molecule has 3 aromatic rings. The molecule has 4 N–H and O–H groups in total. The molecular formula is C74H93N9O10S3. The Labute approximate surface area is 581 Å². The molecule has 0 bridgehead atoms. The van der Waals surface area contributed by atoms with E-state index in [1.54, 1.807) is 50.2 Å². The first-order valence-corrected chi connectivity index (χ1v) is 35.8. The predicted molar refractivity (Wildman–Crippen MR) is 373 cm³/mol. The van der Waals surface area contributed by atoms with Crippen LogP contribution in [0.1, 0.15) is 140 Å². The van der Waals surface area contributed by atoms with Gasteiger partial charge in [0, 0.05) is 63.9 Å². The Morgan fingerprint density at radius 3 is 1.23 bits per heavy atom. The van der Waals surface area contributed by atoms with Crippen LogP contribution >= 0.6 is 36.2 Å². The van der Waals surface area contributed by atoms with Gasteiger partial charge in [-0.15, -0.1) is 0 Å². The first-order valence-electron chi connectivity index (χ1n) is 34.2. The van der Waals surface area contributed by atoms with Gasteiger partial charge < -0.3 is 49.5 Å². The normalized spacial score (nSPS) is 36.9. The topological polar surface area (TPSA) is 209 Å². The molecule has 6 aliphatic carbocycles. The zero-order chi connectivity index (χ0) is 68.9. The molecule has 11 aliphatic rings. The van der Waals surface area contributed by atoms with E-state index in [1.807, 2.05) is 42.5 Å². The highest BCUT2D eigenvalue weighted by Gasteiger charge is 2.71. The van der Waals surface area contributed by atoms with Gasteiger partial charge in [0.25, 0.3) is 11.8 Å². The molecule has 512 valence electrons. The molecule has 96 heavy (non-hydrogen) atoms. The molecule has 5 saturated heterocycles. The van der Waals surface area contributed by atoms with Crippen molar-refractivity contribution in [2.45, 2.75) is 178 Å². The maximum Gasteiger partial charge on any atom is 0.328 e. The predicted octanol–water partition coefficient (Wildman–Crippen LogP) is 11.7. The average Bonchev–Trinajstić information content (AvgIpc) is 1.53. The number of thiocyanates is 1. The fraction of sp³-hybridized carbons (Fsp3) is 0.635. The summed E-state index contributed by atoms with van der Waals surface area (Å²) in [7, 11) is 5.31. The maximum atomic E-state index is 14.2. The van der Waals surface area contributed by atoms with E-state index in [-0.39, 0.29) is 77.6 Å². The van der Waals surface area contributed by atoms with Crippen LogP contribution in [0.5, 0.6) is 0 Å². The third-order valence-electron chi connectivity index (χ3n) is 23.6. The number of carbonyl (C=O) groups is 3. The molecule has 5 aliphatic heterocycles. The molecular weight excluding hydrogens is 1270 g/mol. The van der Waals surface area contributed by atoms with Crippen molar-refractivity contribution in [3.63, 3.8) is 0 Å². The average molecular weight is 1360 g/mol. The third kappa shape index (κ3) is 11.7. The number of rotatable bonds is 11. The molecule has 0 radical (unpaired) electrons. The van der Waals surface area contributed by atoms with Gasteiger partial charge in [0.2, 0.25) is 0 Å². The number of nitrogens with one attached hydrogen (secondary N) is 2. The minimum absolute atomic E-state index is 0.0177. The fourth-order valence-electron chi connectivity index (χ4n) is 19.9. The summed E-state index contributed by atoms with van der Waals surface area (Å²) in [5, 5.41) is 20.0. The molecule has 19 nitrogen and oxygen atoms in total. The van der Waals surface area contributed by atoms with Crippen molar-refractivity contribution in [2.24, 2.45) is 57.5 Å². The van der Waals surface area contributed by atoms with Crippen molar-refractivity contribution in [3.8, 4) is 5.40 Å². The number of carbonyl (C=O) groups excluding carboxylic acids is 3. The number of thiocarbonyl (C=S) groups is 2. The Balaban J connectivity index is 0.000000140. The summed E-state index contributed by atoms with van der Waals surface area (Å²) in [6.45, 7) is 41.8. The second-order valence-electron chi connectivity index (χ2n) is 29.3. The number of thioether (sulfide) groups is 1. The van der Waals surface area contributed by atoms with Crippen molar-refractivity contribution in [1.82, 2.24) is 20.4 Å². The summed E-state index contributed by atoms with van der Waals surface area (Å²) in [5.41, 5.74) is 9.89. The van der Waals surface area contributed by atoms with Gasteiger partial charge in [0.15, 0.2) is 32.0 Å². The van der Waals surface area contributed by atoms with Crippen molar-refractivity contribution in [3.05, 3.63) is 122 Å². The van der Waals surface area contributed by atoms with Crippen LogP contribution in [-0.2, 0) is 82.6 Å². The smallest absolute Gasteiger partial charge is 0.328 e. The molecule has 18 atom stereocenters. The van der Waals surface area contributed by atoms with Crippen LogP contribution < -0.4 is 16.4 Å². The van der Waals surface area contributed by atoms with Crippen molar-refractivity contribution >= 4 is 81.3 Å². The second kappa shape index (κ2) is 28.2. The lowest BCUT2D eigenvalue weighted by Gasteiger charge is -2.51. The standard InChI is InChI=1S/2C24H29N3O3S.C22H26N2O3S.C4H9NO/c2*1-14-10-23(11-15(2)20(14)29-4)12-16-5-6-17(25-3)9-19(16)24(23)21(28)27(22(31)26-24)13-18-7-8-30-18;1-6-27-20(25)22(28-13-23)18-9-17(24-4)8-7-16(18)12-21(22)10-14(2)19(26-5)15(3)11-21;5-3-4-1-2-6-4/h2*5-6,9,14-15,18,20H,7-8,10-13H2,1-2,4H3,(H,26,31);7-9,14-15,19H,6,10-12H2,1-3,5H3;4H,1-3,5H2/t2*14-,15+,18?,20?,23?,24-;14-,15+,19?,21?,22-;/m111./s1. The first kappa shape index (κ1) is 71.2. The molecule has 14 rings (SSSR count). The van der Waals surface area contributed by atoms with Gasteiger partial charge in [-0.3, -0.25) is 24.2 Å². The van der Waals surface area contributed by atoms with E-state index in [9.17, 15) is 19.6 Å². The van der Waals surface area contributed by atoms with Crippen molar-refractivity contribution in [2.75, 3.05) is 67.4 Å². The van der Waals surface area contributed by atoms with E-state index < -0.39 is 21.2 Å². The van der Waals surface area contributed by atoms with E-state index in [2.05, 4.69) is 72.1 Å². The summed E-state index contributed by atoms with van der Waals surface area (Å²) >= 11 is 12.4. The number of hydrogen-bond acceptors (Lipinski definition) is 15. The lowest BCUT2D eigenvalue weighted by Crippen LogP contribution is -2.59. The van der Waals surface area contributed by atoms with E-state index in [0.29, 0.717) is 83.1 Å². The van der Waals surface area contributed by atoms with Crippen molar-refractivity contribution < 1.29 is 47.5 Å². The number of esters is 1. The van der Waals surface area contributed by atoms with Crippen LogP contribution in [0.3, 0.4) is 0 Å². The molecule has 8 fully saturated rings. The number of methoxy groups -OCH3 is 3. The Hall–Kier alpha value is -6.12. The highest BCUT2D eigenvalue weighted by atomic mass is 32.2. The maximum absolute atomic E-state index is 14.2. The number of amides is 2. The van der Waals surface area contributed by atoms with Gasteiger partial charge in [-0.2, -0.15) is 5.26 Å². The zero-order valence-corrected chi connectivity index (χ0v) is 59.6. The van der Waals surface area contributed by atoms with Crippen LogP contribution in [0, 0.1) is 82.1 Å². The number of nitrogens with two attached hydrogens (primary N) is 1. The SMILES string of the molecule is NCC1CCO1.[C-]#[N+]c1ccc2c(c1)[C@@](SC#N)(C(=O)OCC)C1(C2)C[C@@H](C)C(OC)[C@@H](C)C1.[C-]#[N+]c1ccc2c(c1)[C@]1(NC(=S)N(CC3CCO3)C1=O)C1(C2)C[C@@H](C)C(OC)[C@@H](C)C1.[C-]#[N+]c1ccc2c(c1)[C@]1(NC(=S)N(CC3CCO3)C1=O)C1(C2)C[C@@H](C)C(OC)[C@@H](C)C1.